The Hall–Kier alpha value is -4.66. The van der Waals surface area contributed by atoms with E-state index in [9.17, 15) is 14.3 Å². The lowest BCUT2D eigenvalue weighted by Crippen LogP contribution is -2.32. The Morgan fingerprint density at radius 1 is 1.16 bits per heavy atom. The van der Waals surface area contributed by atoms with Crippen molar-refractivity contribution in [1.82, 2.24) is 15.0 Å². The molecule has 0 aliphatic rings. The molecule has 5 rings (SSSR count). The fourth-order valence-corrected chi connectivity index (χ4v) is 4.43. The average molecular weight is 514 g/mol. The highest BCUT2D eigenvalue weighted by molar-refractivity contribution is 5.79. The Kier molecular flexibility index (Phi) is 7.08. The summed E-state index contributed by atoms with van der Waals surface area (Å²) in [5.41, 5.74) is 5.60. The number of aromatic amines is 1. The highest BCUT2D eigenvalue weighted by Gasteiger charge is 2.21. The lowest BCUT2D eigenvalue weighted by Gasteiger charge is -2.20. The van der Waals surface area contributed by atoms with E-state index in [1.807, 2.05) is 55.5 Å². The zero-order chi connectivity index (χ0) is 26.6. The molecule has 0 spiro atoms. The van der Waals surface area contributed by atoms with E-state index in [2.05, 4.69) is 25.6 Å². The van der Waals surface area contributed by atoms with Gasteiger partial charge in [-0.15, -0.1) is 0 Å². The van der Waals surface area contributed by atoms with Crippen LogP contribution < -0.4 is 10.6 Å². The van der Waals surface area contributed by atoms with Gasteiger partial charge in [0, 0.05) is 17.7 Å². The third-order valence-electron chi connectivity index (χ3n) is 6.41. The van der Waals surface area contributed by atoms with E-state index in [0.29, 0.717) is 41.8 Å². The number of halogens is 1. The van der Waals surface area contributed by atoms with Crippen molar-refractivity contribution >= 4 is 28.6 Å². The zero-order valence-electron chi connectivity index (χ0n) is 21.1. The van der Waals surface area contributed by atoms with Gasteiger partial charge in [-0.25, -0.2) is 19.2 Å². The molecule has 38 heavy (non-hydrogen) atoms. The maximum Gasteiger partial charge on any atom is 0.326 e. The number of imidazole rings is 1. The normalized spacial score (nSPS) is 12.0. The molecule has 194 valence electrons. The molecular formula is C29H28FN5O3. The van der Waals surface area contributed by atoms with Crippen molar-refractivity contribution in [3.05, 3.63) is 95.3 Å². The number of benzene rings is 3. The highest BCUT2D eigenvalue weighted by atomic mass is 19.1. The number of hydrogen-bond acceptors (Lipinski definition) is 6. The number of aliphatic carboxylic acids is 1. The second-order valence-electron chi connectivity index (χ2n) is 9.12. The third-order valence-corrected chi connectivity index (χ3v) is 6.41. The number of carbonyl (C=O) groups is 1. The molecule has 0 aliphatic carbocycles. The van der Waals surface area contributed by atoms with E-state index in [1.54, 1.807) is 13.1 Å². The Balaban J connectivity index is 1.24. The van der Waals surface area contributed by atoms with E-state index in [0.717, 1.165) is 27.7 Å². The average Bonchev–Trinajstić information content (AvgIpc) is 3.55. The summed E-state index contributed by atoms with van der Waals surface area (Å²) >= 11 is 0. The van der Waals surface area contributed by atoms with E-state index in [-0.39, 0.29) is 12.2 Å². The summed E-state index contributed by atoms with van der Waals surface area (Å²) in [7, 11) is 0. The van der Waals surface area contributed by atoms with Crippen LogP contribution in [0.5, 0.6) is 0 Å². The lowest BCUT2D eigenvalue weighted by atomic mass is 10.0. The summed E-state index contributed by atoms with van der Waals surface area (Å²) in [6.07, 6.45) is 2.52. The topological polar surface area (TPSA) is 116 Å². The Bertz CT molecular complexity index is 1540. The Morgan fingerprint density at radius 2 is 1.95 bits per heavy atom. The molecule has 4 N–H and O–H groups in total. The molecule has 0 fully saturated rings. The summed E-state index contributed by atoms with van der Waals surface area (Å²) in [6.45, 7) is 4.06. The van der Waals surface area contributed by atoms with Crippen LogP contribution in [0.3, 0.4) is 0 Å². The van der Waals surface area contributed by atoms with Crippen LogP contribution in [0.2, 0.25) is 0 Å². The molecule has 0 aliphatic heterocycles. The number of aromatic nitrogens is 3. The number of para-hydroxylation sites is 2. The van der Waals surface area contributed by atoms with Crippen molar-refractivity contribution in [1.29, 1.82) is 0 Å². The number of H-pyrrole nitrogens is 1. The minimum atomic E-state index is -0.975. The predicted octanol–water partition coefficient (Wildman–Crippen LogP) is 5.95. The SMILES string of the molecule is CCc1cc(F)cc(C)c1NC(Cc1ccc(-c2cnc(CNc3nc4ccccc4[nH]3)o2)cc1)C(=O)O. The Labute approximate surface area is 219 Å². The second kappa shape index (κ2) is 10.8. The monoisotopic (exact) mass is 513 g/mol. The standard InChI is InChI=1S/C29H28FN5O3/c1-3-19-14-21(30)12-17(2)27(19)33-24(28(36)37)13-18-8-10-20(11-9-18)25-15-31-26(38-25)16-32-29-34-22-6-4-5-7-23(22)35-29/h4-12,14-15,24,33H,3,13,16H2,1-2H3,(H,36,37)(H2,32,34,35). The van der Waals surface area contributed by atoms with Crippen LogP contribution in [0.15, 0.2) is 71.3 Å². The first kappa shape index (κ1) is 25.0. The molecule has 0 saturated carbocycles. The number of carboxylic acids is 1. The number of anilines is 2. The molecule has 1 unspecified atom stereocenters. The zero-order valence-corrected chi connectivity index (χ0v) is 21.1. The van der Waals surface area contributed by atoms with Gasteiger partial charge in [-0.3, -0.25) is 0 Å². The molecule has 0 saturated heterocycles. The van der Waals surface area contributed by atoms with Crippen LogP contribution in [0.25, 0.3) is 22.4 Å². The summed E-state index contributed by atoms with van der Waals surface area (Å²) in [4.78, 5) is 24.1. The molecule has 3 aromatic carbocycles. The minimum Gasteiger partial charge on any atom is -0.480 e. The van der Waals surface area contributed by atoms with Gasteiger partial charge >= 0.3 is 5.97 Å². The van der Waals surface area contributed by atoms with Crippen molar-refractivity contribution in [2.45, 2.75) is 39.3 Å². The van der Waals surface area contributed by atoms with Gasteiger partial charge in [0.15, 0.2) is 5.76 Å². The van der Waals surface area contributed by atoms with Crippen molar-refractivity contribution in [3.8, 4) is 11.3 Å². The van der Waals surface area contributed by atoms with Gasteiger partial charge in [0.05, 0.1) is 23.8 Å². The fourth-order valence-electron chi connectivity index (χ4n) is 4.43. The van der Waals surface area contributed by atoms with Gasteiger partial charge in [0.2, 0.25) is 11.8 Å². The largest absolute Gasteiger partial charge is 0.480 e. The van der Waals surface area contributed by atoms with Crippen molar-refractivity contribution in [2.75, 3.05) is 10.6 Å². The third kappa shape index (κ3) is 5.51. The van der Waals surface area contributed by atoms with Crippen LogP contribution >= 0.6 is 0 Å². The molecule has 5 aromatic rings. The molecule has 2 aromatic heterocycles. The first-order chi connectivity index (χ1) is 18.4. The van der Waals surface area contributed by atoms with E-state index >= 15 is 0 Å². The second-order valence-corrected chi connectivity index (χ2v) is 9.12. The number of oxazole rings is 1. The van der Waals surface area contributed by atoms with Crippen molar-refractivity contribution in [2.24, 2.45) is 0 Å². The Morgan fingerprint density at radius 3 is 2.68 bits per heavy atom. The number of nitrogens with zero attached hydrogens (tertiary/aromatic N) is 2. The first-order valence-electron chi connectivity index (χ1n) is 12.4. The quantitative estimate of drug-likeness (QED) is 0.182. The lowest BCUT2D eigenvalue weighted by molar-refractivity contribution is -0.137. The minimum absolute atomic E-state index is 0.263. The van der Waals surface area contributed by atoms with Crippen LogP contribution in [-0.4, -0.2) is 32.1 Å². The van der Waals surface area contributed by atoms with Gasteiger partial charge < -0.3 is 25.1 Å². The van der Waals surface area contributed by atoms with Gasteiger partial charge in [0.25, 0.3) is 0 Å². The number of carboxylic acid groups (broad SMARTS) is 1. The van der Waals surface area contributed by atoms with Gasteiger partial charge in [-0.05, 0) is 54.3 Å². The summed E-state index contributed by atoms with van der Waals surface area (Å²) in [5.74, 6) is 0.463. The van der Waals surface area contributed by atoms with Crippen molar-refractivity contribution in [3.63, 3.8) is 0 Å². The smallest absolute Gasteiger partial charge is 0.326 e. The van der Waals surface area contributed by atoms with E-state index < -0.39 is 12.0 Å². The van der Waals surface area contributed by atoms with Crippen LogP contribution in [0.4, 0.5) is 16.0 Å². The van der Waals surface area contributed by atoms with Crippen LogP contribution in [0, 0.1) is 12.7 Å². The molecule has 0 radical (unpaired) electrons. The molecule has 8 nitrogen and oxygen atoms in total. The molecule has 1 atom stereocenters. The summed E-state index contributed by atoms with van der Waals surface area (Å²) in [6, 6.07) is 17.3. The number of rotatable bonds is 10. The highest BCUT2D eigenvalue weighted by Crippen LogP contribution is 2.26. The van der Waals surface area contributed by atoms with E-state index in [4.69, 9.17) is 4.42 Å². The summed E-state index contributed by atoms with van der Waals surface area (Å²) in [5, 5.41) is 16.1. The predicted molar refractivity (Wildman–Crippen MR) is 145 cm³/mol. The fraction of sp³-hybridized carbons (Fsp3) is 0.207. The van der Waals surface area contributed by atoms with E-state index in [1.165, 1.54) is 12.1 Å². The molecule has 2 heterocycles. The maximum atomic E-state index is 13.8. The number of aryl methyl sites for hydroxylation is 2. The van der Waals surface area contributed by atoms with Crippen LogP contribution in [-0.2, 0) is 24.2 Å². The molecule has 9 heteroatoms. The molecular weight excluding hydrogens is 485 g/mol. The van der Waals surface area contributed by atoms with Crippen LogP contribution in [0.1, 0.15) is 29.5 Å². The number of nitrogens with one attached hydrogen (secondary N) is 3. The van der Waals surface area contributed by atoms with Gasteiger partial charge in [0.1, 0.15) is 11.9 Å². The summed E-state index contributed by atoms with van der Waals surface area (Å²) < 4.78 is 19.7. The number of hydrogen-bond donors (Lipinski definition) is 4. The van der Waals surface area contributed by atoms with Crippen molar-refractivity contribution < 1.29 is 18.7 Å². The van der Waals surface area contributed by atoms with Gasteiger partial charge in [-0.1, -0.05) is 43.3 Å². The number of fused-ring (bicyclic) bond motifs is 1. The first-order valence-corrected chi connectivity index (χ1v) is 12.4. The maximum absolute atomic E-state index is 13.8. The van der Waals surface area contributed by atoms with Gasteiger partial charge in [-0.2, -0.15) is 0 Å². The molecule has 0 bridgehead atoms. The molecule has 0 amide bonds.